The number of aryl methyl sites for hydroxylation is 1. The zero-order chi connectivity index (χ0) is 38.4. The molecule has 8 rings (SSSR count). The van der Waals surface area contributed by atoms with Crippen LogP contribution in [0.3, 0.4) is 0 Å². The molecule has 2 aliphatic carbocycles. The number of allylic oxidation sites excluding steroid dienone is 6. The minimum Gasteiger partial charge on any atom is -0.356 e. The number of amides is 2. The number of anilines is 1. The Morgan fingerprint density at radius 3 is 2.18 bits per heavy atom. The van der Waals surface area contributed by atoms with Crippen LogP contribution < -0.4 is 20.1 Å². The summed E-state index contributed by atoms with van der Waals surface area (Å²) in [5, 5.41) is 8.47. The van der Waals surface area contributed by atoms with Gasteiger partial charge in [0.1, 0.15) is 4.70 Å². The summed E-state index contributed by atoms with van der Waals surface area (Å²) < 4.78 is 3.72. The van der Waals surface area contributed by atoms with E-state index in [2.05, 4.69) is 141 Å². The molecule has 8 heteroatoms. The van der Waals surface area contributed by atoms with Gasteiger partial charge in [-0.1, -0.05) is 102 Å². The molecule has 6 nitrogen and oxygen atoms in total. The van der Waals surface area contributed by atoms with Crippen molar-refractivity contribution in [1.29, 1.82) is 0 Å². The molecule has 0 bridgehead atoms. The maximum absolute atomic E-state index is 11.6. The van der Waals surface area contributed by atoms with Crippen molar-refractivity contribution in [2.45, 2.75) is 63.8 Å². The third kappa shape index (κ3) is 8.77. The number of nitrogens with zero attached hydrogens (tertiary/aromatic N) is 2. The third-order valence-corrected chi connectivity index (χ3v) is 13.1. The largest absolute Gasteiger partial charge is 0.356 e. The van der Waals surface area contributed by atoms with Gasteiger partial charge in [-0.2, -0.15) is 4.57 Å². The highest BCUT2D eigenvalue weighted by molar-refractivity contribution is 8.03. The van der Waals surface area contributed by atoms with Crippen LogP contribution in [0.1, 0.15) is 57.4 Å². The SMILES string of the molecule is CC(=O)NCCCN1/C(=C/C2=CC3=C/C(=C/c4sc5cc(-c6ccccc6)ccc5[n+]4CCCNC(C)=O)CCC3CC2)Sc2cc(-c3ccccc3)ccc21. The number of thioether (sulfide) groups is 1. The molecule has 1 atom stereocenters. The van der Waals surface area contributed by atoms with Crippen LogP contribution in [0.25, 0.3) is 38.5 Å². The van der Waals surface area contributed by atoms with Crippen molar-refractivity contribution >= 4 is 56.9 Å². The van der Waals surface area contributed by atoms with Crippen molar-refractivity contribution in [2.24, 2.45) is 5.92 Å². The highest BCUT2D eigenvalue weighted by atomic mass is 32.2. The molecular weight excluding hydrogens is 729 g/mol. The first-order chi connectivity index (χ1) is 27.4. The van der Waals surface area contributed by atoms with Gasteiger partial charge in [-0.15, -0.1) is 0 Å². The summed E-state index contributed by atoms with van der Waals surface area (Å²) in [6.07, 6.45) is 16.0. The number of carbonyl (C=O) groups is 2. The predicted octanol–water partition coefficient (Wildman–Crippen LogP) is 10.5. The van der Waals surface area contributed by atoms with E-state index in [-0.39, 0.29) is 11.8 Å². The Morgan fingerprint density at radius 2 is 1.45 bits per heavy atom. The van der Waals surface area contributed by atoms with E-state index in [1.807, 2.05) is 23.1 Å². The van der Waals surface area contributed by atoms with E-state index in [0.717, 1.165) is 38.8 Å². The van der Waals surface area contributed by atoms with Gasteiger partial charge < -0.3 is 15.5 Å². The number of aromatic nitrogens is 1. The summed E-state index contributed by atoms with van der Waals surface area (Å²) in [4.78, 5) is 26.9. The number of nitrogens with one attached hydrogen (secondary N) is 2. The second kappa shape index (κ2) is 17.3. The van der Waals surface area contributed by atoms with Crippen LogP contribution in [-0.4, -0.2) is 31.4 Å². The first-order valence-corrected chi connectivity index (χ1v) is 21.5. The number of thiazole rings is 1. The molecule has 4 aromatic carbocycles. The van der Waals surface area contributed by atoms with E-state index < -0.39 is 0 Å². The van der Waals surface area contributed by atoms with Crippen molar-refractivity contribution in [2.75, 3.05) is 24.5 Å². The van der Waals surface area contributed by atoms with E-state index in [1.54, 1.807) is 13.8 Å². The summed E-state index contributed by atoms with van der Waals surface area (Å²) in [5.41, 5.74) is 11.6. The number of carbonyl (C=O) groups excluding carboxylic acids is 2. The highest BCUT2D eigenvalue weighted by Crippen LogP contribution is 2.49. The lowest BCUT2D eigenvalue weighted by Gasteiger charge is -2.29. The Hall–Kier alpha value is -5.18. The zero-order valence-electron chi connectivity index (χ0n) is 32.2. The second-order valence-corrected chi connectivity index (χ2v) is 17.1. The van der Waals surface area contributed by atoms with Gasteiger partial charge in [0.25, 0.3) is 5.01 Å². The summed E-state index contributed by atoms with van der Waals surface area (Å²) in [6.45, 7) is 6.18. The minimum absolute atomic E-state index is 0.0156. The first-order valence-electron chi connectivity index (χ1n) is 19.9. The molecule has 0 saturated carbocycles. The fraction of sp³-hybridized carbons (Fsp3) is 0.271. The molecule has 2 amide bonds. The van der Waals surface area contributed by atoms with Crippen LogP contribution >= 0.6 is 23.1 Å². The van der Waals surface area contributed by atoms with Gasteiger partial charge in [-0.3, -0.25) is 9.59 Å². The maximum atomic E-state index is 11.6. The number of hydrogen-bond donors (Lipinski definition) is 2. The number of hydrogen-bond acceptors (Lipinski definition) is 5. The smallest absolute Gasteiger partial charge is 0.263 e. The highest BCUT2D eigenvalue weighted by Gasteiger charge is 2.28. The lowest BCUT2D eigenvalue weighted by Crippen LogP contribution is -2.37. The Balaban J connectivity index is 1.08. The fourth-order valence-corrected chi connectivity index (χ4v) is 10.5. The normalized spacial score (nSPS) is 17.8. The van der Waals surface area contributed by atoms with E-state index >= 15 is 0 Å². The molecule has 0 fully saturated rings. The fourth-order valence-electron chi connectivity index (χ4n) is 8.06. The lowest BCUT2D eigenvalue weighted by atomic mass is 9.77. The van der Waals surface area contributed by atoms with Gasteiger partial charge >= 0.3 is 0 Å². The number of rotatable bonds is 12. The Kier molecular flexibility index (Phi) is 11.7. The molecule has 0 radical (unpaired) electrons. The number of benzene rings is 4. The molecule has 56 heavy (non-hydrogen) atoms. The molecule has 284 valence electrons. The van der Waals surface area contributed by atoms with Crippen molar-refractivity contribution in [1.82, 2.24) is 10.6 Å². The van der Waals surface area contributed by atoms with Crippen LogP contribution in [0.4, 0.5) is 5.69 Å². The van der Waals surface area contributed by atoms with E-state index in [0.29, 0.717) is 19.0 Å². The minimum atomic E-state index is 0.0156. The van der Waals surface area contributed by atoms with Crippen LogP contribution in [0.15, 0.2) is 142 Å². The van der Waals surface area contributed by atoms with Crippen LogP contribution in [0, 0.1) is 5.92 Å². The number of fused-ring (bicyclic) bond motifs is 3. The van der Waals surface area contributed by atoms with Gasteiger partial charge in [0.05, 0.1) is 10.7 Å². The molecular formula is C48H49N4O2S2+. The predicted molar refractivity (Wildman–Crippen MR) is 233 cm³/mol. The summed E-state index contributed by atoms with van der Waals surface area (Å²) in [7, 11) is 0. The third-order valence-electron chi connectivity index (χ3n) is 10.9. The van der Waals surface area contributed by atoms with Crippen molar-refractivity contribution in [3.05, 3.63) is 142 Å². The average Bonchev–Trinajstić information content (AvgIpc) is 3.73. The van der Waals surface area contributed by atoms with Crippen LogP contribution in [-0.2, 0) is 16.1 Å². The van der Waals surface area contributed by atoms with Crippen molar-refractivity contribution < 1.29 is 14.2 Å². The maximum Gasteiger partial charge on any atom is 0.263 e. The van der Waals surface area contributed by atoms with E-state index in [1.165, 1.54) is 82.7 Å². The van der Waals surface area contributed by atoms with Gasteiger partial charge in [0, 0.05) is 56.9 Å². The topological polar surface area (TPSA) is 65.3 Å². The quantitative estimate of drug-likeness (QED) is 0.0978. The molecule has 1 aromatic heterocycles. The van der Waals surface area contributed by atoms with Gasteiger partial charge in [-0.05, 0) is 107 Å². The molecule has 0 saturated heterocycles. The molecule has 3 aliphatic rings. The monoisotopic (exact) mass is 777 g/mol. The van der Waals surface area contributed by atoms with Crippen molar-refractivity contribution in [3.8, 4) is 22.3 Å². The van der Waals surface area contributed by atoms with E-state index in [4.69, 9.17) is 0 Å². The van der Waals surface area contributed by atoms with E-state index in [9.17, 15) is 9.59 Å². The summed E-state index contributed by atoms with van der Waals surface area (Å²) >= 11 is 3.72. The van der Waals surface area contributed by atoms with Gasteiger partial charge in [0.2, 0.25) is 17.3 Å². The molecule has 2 heterocycles. The molecule has 5 aromatic rings. The van der Waals surface area contributed by atoms with Crippen LogP contribution in [0.5, 0.6) is 0 Å². The Labute approximate surface area is 338 Å². The first kappa shape index (κ1) is 37.7. The summed E-state index contributed by atoms with van der Waals surface area (Å²) in [6, 6.07) is 34.8. The Morgan fingerprint density at radius 1 is 0.768 bits per heavy atom. The zero-order valence-corrected chi connectivity index (χ0v) is 33.9. The lowest BCUT2D eigenvalue weighted by molar-refractivity contribution is -0.669. The van der Waals surface area contributed by atoms with Crippen LogP contribution in [0.2, 0.25) is 0 Å². The average molecular weight is 778 g/mol. The van der Waals surface area contributed by atoms with Gasteiger partial charge in [0.15, 0.2) is 6.54 Å². The summed E-state index contributed by atoms with van der Waals surface area (Å²) in [5.74, 6) is 0.620. The van der Waals surface area contributed by atoms with Gasteiger partial charge in [-0.25, -0.2) is 0 Å². The molecule has 2 N–H and O–H groups in total. The molecule has 1 unspecified atom stereocenters. The molecule has 1 aliphatic heterocycles. The Bertz CT molecular complexity index is 2370. The molecule has 0 spiro atoms. The standard InChI is InChI=1S/C48H48N4O2S2/c1-33(53)49-23-9-25-51-43-21-19-40(37-11-5-3-6-12-37)31-45(43)55-47(51)29-35-15-17-39-18-16-36(28-42(39)27-35)30-48-52(26-10-24-50-34(2)54)44-22-20-41(32-46(44)56-48)38-13-7-4-8-14-38/h3-8,11-14,19-22,27-32,39H,9-10,15-18,23-26H2,1-2H3,(H-,49,50,53,54)/p+1. The second-order valence-electron chi connectivity index (χ2n) is 15.0. The van der Waals surface area contributed by atoms with Crippen molar-refractivity contribution in [3.63, 3.8) is 0 Å².